The highest BCUT2D eigenvalue weighted by Gasteiger charge is 2.26. The van der Waals surface area contributed by atoms with Gasteiger partial charge in [0.25, 0.3) is 5.91 Å². The molecule has 0 saturated carbocycles. The quantitative estimate of drug-likeness (QED) is 0.765. The van der Waals surface area contributed by atoms with Crippen molar-refractivity contribution in [1.82, 2.24) is 9.88 Å². The number of hydrogen-bond donors (Lipinski definition) is 0. The lowest BCUT2D eigenvalue weighted by molar-refractivity contribution is -0.0649. The van der Waals surface area contributed by atoms with Crippen LogP contribution in [0.2, 0.25) is 5.15 Å². The van der Waals surface area contributed by atoms with Gasteiger partial charge in [0.1, 0.15) is 11.0 Å². The van der Waals surface area contributed by atoms with Gasteiger partial charge in [0, 0.05) is 24.8 Å². The second kappa shape index (κ2) is 8.38. The van der Waals surface area contributed by atoms with Crippen molar-refractivity contribution in [2.45, 2.75) is 12.7 Å². The van der Waals surface area contributed by atoms with Crippen molar-refractivity contribution < 1.29 is 18.7 Å². The van der Waals surface area contributed by atoms with Crippen LogP contribution in [0.3, 0.4) is 0 Å². The summed E-state index contributed by atoms with van der Waals surface area (Å²) in [5, 5.41) is 0.186. The number of hydrogen-bond acceptors (Lipinski definition) is 4. The molecule has 7 heteroatoms. The Labute approximate surface area is 150 Å². The molecule has 0 aliphatic carbocycles. The summed E-state index contributed by atoms with van der Waals surface area (Å²) in [6, 6.07) is 9.80. The van der Waals surface area contributed by atoms with Crippen LogP contribution in [-0.2, 0) is 16.1 Å². The summed E-state index contributed by atoms with van der Waals surface area (Å²) >= 11 is 5.99. The summed E-state index contributed by atoms with van der Waals surface area (Å²) in [6.45, 7) is 1.72. The minimum atomic E-state index is -0.296. The van der Waals surface area contributed by atoms with Crippen LogP contribution in [-0.4, -0.2) is 48.2 Å². The van der Waals surface area contributed by atoms with E-state index in [9.17, 15) is 9.18 Å². The van der Waals surface area contributed by atoms with Crippen molar-refractivity contribution in [2.24, 2.45) is 0 Å². The Balaban J connectivity index is 1.54. The number of ether oxygens (including phenoxy) is 2. The van der Waals surface area contributed by atoms with Crippen molar-refractivity contribution in [3.63, 3.8) is 0 Å². The lowest BCUT2D eigenvalue weighted by Crippen LogP contribution is -2.47. The van der Waals surface area contributed by atoms with Crippen LogP contribution in [0.25, 0.3) is 0 Å². The average Bonchev–Trinajstić information content (AvgIpc) is 2.63. The van der Waals surface area contributed by atoms with Gasteiger partial charge in [-0.3, -0.25) is 4.79 Å². The van der Waals surface area contributed by atoms with Crippen molar-refractivity contribution in [3.8, 4) is 0 Å². The van der Waals surface area contributed by atoms with Crippen LogP contribution in [0.1, 0.15) is 15.9 Å². The molecule has 1 aromatic carbocycles. The number of nitrogens with zero attached hydrogens (tertiary/aromatic N) is 2. The summed E-state index contributed by atoms with van der Waals surface area (Å²) in [5.74, 6) is -0.476. The molecule has 0 N–H and O–H groups in total. The molecular weight excluding hydrogens is 347 g/mol. The Kier molecular flexibility index (Phi) is 5.96. The largest absolute Gasteiger partial charge is 0.374 e. The molecule has 1 aliphatic heterocycles. The monoisotopic (exact) mass is 364 g/mol. The van der Waals surface area contributed by atoms with Gasteiger partial charge in [-0.2, -0.15) is 0 Å². The zero-order valence-corrected chi connectivity index (χ0v) is 14.3. The van der Waals surface area contributed by atoms with Crippen molar-refractivity contribution in [3.05, 3.63) is 64.7 Å². The molecule has 1 amide bonds. The van der Waals surface area contributed by atoms with E-state index in [4.69, 9.17) is 21.1 Å². The molecule has 1 unspecified atom stereocenters. The molecule has 0 radical (unpaired) electrons. The Hall–Kier alpha value is -2.02. The Morgan fingerprint density at radius 3 is 3.00 bits per heavy atom. The number of rotatable bonds is 5. The van der Waals surface area contributed by atoms with Gasteiger partial charge in [-0.15, -0.1) is 0 Å². The number of benzene rings is 1. The lowest BCUT2D eigenvalue weighted by Gasteiger charge is -2.33. The molecule has 1 aliphatic rings. The van der Waals surface area contributed by atoms with Gasteiger partial charge < -0.3 is 14.4 Å². The van der Waals surface area contributed by atoms with Crippen LogP contribution < -0.4 is 0 Å². The molecule has 0 bridgehead atoms. The number of morpholine rings is 1. The maximum atomic E-state index is 13.6. The summed E-state index contributed by atoms with van der Waals surface area (Å²) < 4.78 is 24.8. The van der Waals surface area contributed by atoms with E-state index >= 15 is 0 Å². The van der Waals surface area contributed by atoms with Crippen molar-refractivity contribution >= 4 is 17.5 Å². The summed E-state index contributed by atoms with van der Waals surface area (Å²) in [7, 11) is 0. The molecule has 132 valence electrons. The molecule has 25 heavy (non-hydrogen) atoms. The lowest BCUT2D eigenvalue weighted by atomic mass is 10.2. The zero-order valence-electron chi connectivity index (χ0n) is 13.5. The fourth-order valence-corrected chi connectivity index (χ4v) is 2.84. The summed E-state index contributed by atoms with van der Waals surface area (Å²) in [6.07, 6.45) is 1.28. The molecule has 1 fully saturated rings. The van der Waals surface area contributed by atoms with Gasteiger partial charge in [-0.05, 0) is 18.2 Å². The van der Waals surface area contributed by atoms with Gasteiger partial charge >= 0.3 is 0 Å². The highest BCUT2D eigenvalue weighted by atomic mass is 35.5. The SMILES string of the molecule is O=C(c1cccnc1Cl)N1CCOC(COCc2ccccc2F)C1. The normalized spacial score (nSPS) is 17.5. The highest BCUT2D eigenvalue weighted by molar-refractivity contribution is 6.32. The predicted molar refractivity (Wildman–Crippen MR) is 90.9 cm³/mol. The van der Waals surface area contributed by atoms with Crippen LogP contribution >= 0.6 is 11.6 Å². The van der Waals surface area contributed by atoms with E-state index in [1.807, 2.05) is 0 Å². The van der Waals surface area contributed by atoms with Gasteiger partial charge in [0.2, 0.25) is 0 Å². The van der Waals surface area contributed by atoms with Gasteiger partial charge in [0.05, 0.1) is 31.5 Å². The number of carbonyl (C=O) groups excluding carboxylic acids is 1. The fourth-order valence-electron chi connectivity index (χ4n) is 2.64. The summed E-state index contributed by atoms with van der Waals surface area (Å²) in [5.41, 5.74) is 0.866. The minimum Gasteiger partial charge on any atom is -0.374 e. The second-order valence-electron chi connectivity index (χ2n) is 5.69. The summed E-state index contributed by atoms with van der Waals surface area (Å²) in [4.78, 5) is 18.2. The van der Waals surface area contributed by atoms with E-state index in [2.05, 4.69) is 4.98 Å². The smallest absolute Gasteiger partial charge is 0.257 e. The molecule has 1 aromatic heterocycles. The van der Waals surface area contributed by atoms with E-state index in [1.54, 1.807) is 35.2 Å². The topological polar surface area (TPSA) is 51.7 Å². The Bertz CT molecular complexity index is 744. The van der Waals surface area contributed by atoms with E-state index in [1.165, 1.54) is 12.3 Å². The van der Waals surface area contributed by atoms with Crippen LogP contribution in [0, 0.1) is 5.82 Å². The fraction of sp³-hybridized carbons (Fsp3) is 0.333. The number of pyridine rings is 1. The molecule has 2 aromatic rings. The number of carbonyl (C=O) groups is 1. The molecule has 1 atom stereocenters. The van der Waals surface area contributed by atoms with Gasteiger partial charge in [-0.1, -0.05) is 29.8 Å². The third-order valence-corrected chi connectivity index (χ3v) is 4.24. The van der Waals surface area contributed by atoms with Gasteiger partial charge in [0.15, 0.2) is 0 Å². The molecule has 0 spiro atoms. The molecule has 2 heterocycles. The first-order chi connectivity index (χ1) is 12.1. The Morgan fingerprint density at radius 2 is 2.20 bits per heavy atom. The van der Waals surface area contributed by atoms with Crippen LogP contribution in [0.4, 0.5) is 4.39 Å². The van der Waals surface area contributed by atoms with Crippen LogP contribution in [0.5, 0.6) is 0 Å². The third-order valence-electron chi connectivity index (χ3n) is 3.93. The first-order valence-electron chi connectivity index (χ1n) is 7.97. The predicted octanol–water partition coefficient (Wildman–Crippen LogP) is 2.93. The van der Waals surface area contributed by atoms with Crippen molar-refractivity contribution in [2.75, 3.05) is 26.3 Å². The minimum absolute atomic E-state index is 0.162. The van der Waals surface area contributed by atoms with E-state index in [0.29, 0.717) is 30.8 Å². The molecule has 3 rings (SSSR count). The maximum absolute atomic E-state index is 13.6. The van der Waals surface area contributed by atoms with E-state index < -0.39 is 0 Å². The number of halogens is 2. The van der Waals surface area contributed by atoms with E-state index in [0.717, 1.165) is 0 Å². The first-order valence-corrected chi connectivity index (χ1v) is 8.35. The zero-order chi connectivity index (χ0) is 17.6. The number of aromatic nitrogens is 1. The molecule has 1 saturated heterocycles. The second-order valence-corrected chi connectivity index (χ2v) is 6.05. The van der Waals surface area contributed by atoms with E-state index in [-0.39, 0.29) is 36.2 Å². The highest BCUT2D eigenvalue weighted by Crippen LogP contribution is 2.17. The molecular formula is C18H18ClFN2O3. The number of amides is 1. The van der Waals surface area contributed by atoms with Crippen molar-refractivity contribution in [1.29, 1.82) is 0 Å². The first kappa shape index (κ1) is 17.8. The standard InChI is InChI=1S/C18H18ClFN2O3/c19-17-15(5-3-7-21-17)18(23)22-8-9-25-14(10-22)12-24-11-13-4-1-2-6-16(13)20/h1-7,14H,8-12H2. The third kappa shape index (κ3) is 4.54. The van der Waals surface area contributed by atoms with Gasteiger partial charge in [-0.25, -0.2) is 9.37 Å². The average molecular weight is 365 g/mol. The Morgan fingerprint density at radius 1 is 1.36 bits per heavy atom. The van der Waals surface area contributed by atoms with Crippen LogP contribution in [0.15, 0.2) is 42.6 Å². The molecule has 5 nitrogen and oxygen atoms in total. The maximum Gasteiger partial charge on any atom is 0.257 e.